The van der Waals surface area contributed by atoms with Gasteiger partial charge < -0.3 is 14.8 Å². The fraction of sp³-hybridized carbons (Fsp3) is 0.100. The summed E-state index contributed by atoms with van der Waals surface area (Å²) in [6, 6.07) is 17.0. The molecule has 0 unspecified atom stereocenters. The summed E-state index contributed by atoms with van der Waals surface area (Å²) in [6.45, 7) is 0. The highest BCUT2D eigenvalue weighted by atomic mass is 32.1. The van der Waals surface area contributed by atoms with Crippen LogP contribution >= 0.6 is 22.7 Å². The Morgan fingerprint density at radius 1 is 1.00 bits per heavy atom. The number of carbonyl (C=O) groups excluding carboxylic acids is 1. The van der Waals surface area contributed by atoms with Crippen molar-refractivity contribution in [1.29, 1.82) is 0 Å². The Balaban J connectivity index is 1.59. The Kier molecular flexibility index (Phi) is 4.79. The summed E-state index contributed by atoms with van der Waals surface area (Å²) < 4.78 is 11.7. The number of fused-ring (bicyclic) bond motifs is 1. The van der Waals surface area contributed by atoms with Gasteiger partial charge in [-0.2, -0.15) is 0 Å². The fourth-order valence-electron chi connectivity index (χ4n) is 2.65. The molecule has 1 N–H and O–H groups in total. The zero-order valence-corrected chi connectivity index (χ0v) is 16.3. The first-order valence-electron chi connectivity index (χ1n) is 8.17. The van der Waals surface area contributed by atoms with Crippen molar-refractivity contribution < 1.29 is 14.3 Å². The highest BCUT2D eigenvalue weighted by Crippen LogP contribution is 2.35. The molecule has 1 amide bonds. The van der Waals surface area contributed by atoms with Crippen LogP contribution in [0.1, 0.15) is 9.67 Å². The van der Waals surface area contributed by atoms with Crippen molar-refractivity contribution in [2.24, 2.45) is 0 Å². The number of nitrogens with zero attached hydrogens (tertiary/aromatic N) is 1. The monoisotopic (exact) mass is 396 g/mol. The minimum atomic E-state index is -0.195. The molecule has 0 fully saturated rings. The number of rotatable bonds is 5. The molecule has 136 valence electrons. The number of benzene rings is 2. The first-order valence-corrected chi connectivity index (χ1v) is 9.80. The second-order valence-electron chi connectivity index (χ2n) is 5.67. The first-order chi connectivity index (χ1) is 13.2. The van der Waals surface area contributed by atoms with Gasteiger partial charge in [0.2, 0.25) is 0 Å². The summed E-state index contributed by atoms with van der Waals surface area (Å²) in [6.07, 6.45) is 0. The second kappa shape index (κ2) is 7.38. The standard InChI is InChI=1S/C20H16N2O3S2/c1-24-12-7-8-15(25-2)14(11-12)21-19(23)17-9-10-18(26-17)20-22-13-5-3-4-6-16(13)27-20/h3-11H,1-2H3,(H,21,23). The molecule has 0 bridgehead atoms. The number of nitrogens with one attached hydrogen (secondary N) is 1. The van der Waals surface area contributed by atoms with E-state index in [1.54, 1.807) is 43.8 Å². The lowest BCUT2D eigenvalue weighted by Gasteiger charge is -2.11. The summed E-state index contributed by atoms with van der Waals surface area (Å²) in [5.41, 5.74) is 1.54. The molecule has 0 atom stereocenters. The Morgan fingerprint density at radius 3 is 2.63 bits per heavy atom. The van der Waals surface area contributed by atoms with Crippen molar-refractivity contribution in [1.82, 2.24) is 4.98 Å². The van der Waals surface area contributed by atoms with Crippen molar-refractivity contribution in [3.05, 3.63) is 59.5 Å². The fourth-order valence-corrected chi connectivity index (χ4v) is 4.57. The maximum atomic E-state index is 12.7. The largest absolute Gasteiger partial charge is 0.497 e. The average molecular weight is 396 g/mol. The molecular formula is C20H16N2O3S2. The van der Waals surface area contributed by atoms with Crippen molar-refractivity contribution in [3.63, 3.8) is 0 Å². The third-order valence-electron chi connectivity index (χ3n) is 3.99. The molecule has 4 aromatic rings. The lowest BCUT2D eigenvalue weighted by molar-refractivity contribution is 0.103. The number of carbonyl (C=O) groups is 1. The van der Waals surface area contributed by atoms with Crippen LogP contribution in [0.3, 0.4) is 0 Å². The van der Waals surface area contributed by atoms with Crippen LogP contribution in [0, 0.1) is 0 Å². The van der Waals surface area contributed by atoms with Crippen LogP contribution in [0.15, 0.2) is 54.6 Å². The molecule has 5 nitrogen and oxygen atoms in total. The molecule has 0 aliphatic rings. The number of anilines is 1. The normalized spacial score (nSPS) is 10.7. The summed E-state index contributed by atoms with van der Waals surface area (Å²) in [7, 11) is 3.14. The zero-order valence-electron chi connectivity index (χ0n) is 14.7. The number of thiophene rings is 1. The van der Waals surface area contributed by atoms with E-state index in [4.69, 9.17) is 9.47 Å². The highest BCUT2D eigenvalue weighted by Gasteiger charge is 2.15. The minimum absolute atomic E-state index is 0.195. The molecule has 0 aliphatic heterocycles. The van der Waals surface area contributed by atoms with Gasteiger partial charge in [-0.15, -0.1) is 22.7 Å². The van der Waals surface area contributed by atoms with E-state index in [1.165, 1.54) is 11.3 Å². The van der Waals surface area contributed by atoms with E-state index in [1.807, 2.05) is 36.4 Å². The summed E-state index contributed by atoms with van der Waals surface area (Å²) in [5, 5.41) is 3.81. The van der Waals surface area contributed by atoms with Crippen LogP contribution in [-0.2, 0) is 0 Å². The molecule has 7 heteroatoms. The van der Waals surface area contributed by atoms with Crippen molar-refractivity contribution in [3.8, 4) is 21.4 Å². The Morgan fingerprint density at radius 2 is 1.85 bits per heavy atom. The number of para-hydroxylation sites is 1. The average Bonchev–Trinajstić information content (AvgIpc) is 3.34. The van der Waals surface area contributed by atoms with E-state index in [0.717, 1.165) is 20.1 Å². The third-order valence-corrected chi connectivity index (χ3v) is 6.28. The molecule has 0 radical (unpaired) electrons. The number of thiazole rings is 1. The number of aromatic nitrogens is 1. The van der Waals surface area contributed by atoms with Crippen molar-refractivity contribution >= 4 is 44.5 Å². The molecule has 27 heavy (non-hydrogen) atoms. The lowest BCUT2D eigenvalue weighted by atomic mass is 10.2. The van der Waals surface area contributed by atoms with Gasteiger partial charge in [-0.3, -0.25) is 4.79 Å². The SMILES string of the molecule is COc1ccc(OC)c(NC(=O)c2ccc(-c3nc4ccccc4s3)s2)c1. The van der Waals surface area contributed by atoms with E-state index in [9.17, 15) is 4.79 Å². The van der Waals surface area contributed by atoms with Gasteiger partial charge in [-0.25, -0.2) is 4.98 Å². The minimum Gasteiger partial charge on any atom is -0.497 e. The van der Waals surface area contributed by atoms with E-state index in [-0.39, 0.29) is 5.91 Å². The quantitative estimate of drug-likeness (QED) is 0.498. The maximum absolute atomic E-state index is 12.7. The second-order valence-corrected chi connectivity index (χ2v) is 7.79. The predicted octanol–water partition coefficient (Wildman–Crippen LogP) is 5.29. The Hall–Kier alpha value is -2.90. The lowest BCUT2D eigenvalue weighted by Crippen LogP contribution is -2.11. The molecule has 2 heterocycles. The number of hydrogen-bond donors (Lipinski definition) is 1. The molecule has 4 rings (SSSR count). The van der Waals surface area contributed by atoms with Gasteiger partial charge in [0.05, 0.1) is 39.9 Å². The Bertz CT molecular complexity index is 1080. The summed E-state index contributed by atoms with van der Waals surface area (Å²) in [4.78, 5) is 18.9. The molecule has 0 spiro atoms. The van der Waals surface area contributed by atoms with E-state index >= 15 is 0 Å². The van der Waals surface area contributed by atoms with E-state index in [0.29, 0.717) is 22.1 Å². The highest BCUT2D eigenvalue weighted by molar-refractivity contribution is 7.26. The van der Waals surface area contributed by atoms with Gasteiger partial charge in [0.15, 0.2) is 0 Å². The first kappa shape index (κ1) is 17.5. The van der Waals surface area contributed by atoms with E-state index in [2.05, 4.69) is 10.3 Å². The molecule has 0 saturated carbocycles. The van der Waals surface area contributed by atoms with Crippen molar-refractivity contribution in [2.45, 2.75) is 0 Å². The third kappa shape index (κ3) is 3.51. The predicted molar refractivity (Wildman–Crippen MR) is 110 cm³/mol. The van der Waals surface area contributed by atoms with Crippen molar-refractivity contribution in [2.75, 3.05) is 19.5 Å². The van der Waals surface area contributed by atoms with Crippen LogP contribution in [-0.4, -0.2) is 25.1 Å². The van der Waals surface area contributed by atoms with Gasteiger partial charge in [0.25, 0.3) is 5.91 Å². The van der Waals surface area contributed by atoms with Crippen LogP contribution < -0.4 is 14.8 Å². The smallest absolute Gasteiger partial charge is 0.265 e. The topological polar surface area (TPSA) is 60.5 Å². The molecule has 0 saturated heterocycles. The Labute approximate surface area is 164 Å². The van der Waals surface area contributed by atoms with Crippen LogP contribution in [0.5, 0.6) is 11.5 Å². The van der Waals surface area contributed by atoms with Crippen LogP contribution in [0.4, 0.5) is 5.69 Å². The zero-order chi connectivity index (χ0) is 18.8. The number of methoxy groups -OCH3 is 2. The maximum Gasteiger partial charge on any atom is 0.265 e. The molecule has 0 aliphatic carbocycles. The van der Waals surface area contributed by atoms with Crippen LogP contribution in [0.2, 0.25) is 0 Å². The molecule has 2 aromatic heterocycles. The van der Waals surface area contributed by atoms with Gasteiger partial charge in [0, 0.05) is 6.07 Å². The summed E-state index contributed by atoms with van der Waals surface area (Å²) in [5.74, 6) is 1.03. The van der Waals surface area contributed by atoms with Gasteiger partial charge in [0.1, 0.15) is 16.5 Å². The number of amides is 1. The van der Waals surface area contributed by atoms with E-state index < -0.39 is 0 Å². The number of ether oxygens (including phenoxy) is 2. The number of hydrogen-bond acceptors (Lipinski definition) is 6. The van der Waals surface area contributed by atoms with Gasteiger partial charge in [-0.1, -0.05) is 12.1 Å². The summed E-state index contributed by atoms with van der Waals surface area (Å²) >= 11 is 3.04. The molecule has 2 aromatic carbocycles. The van der Waals surface area contributed by atoms with Gasteiger partial charge in [-0.05, 0) is 36.4 Å². The molecular weight excluding hydrogens is 380 g/mol. The van der Waals surface area contributed by atoms with Crippen LogP contribution in [0.25, 0.3) is 20.1 Å². The van der Waals surface area contributed by atoms with Gasteiger partial charge >= 0.3 is 0 Å².